The summed E-state index contributed by atoms with van der Waals surface area (Å²) in [6.07, 6.45) is 8.85. The number of ketones is 1. The van der Waals surface area contributed by atoms with Crippen LogP contribution < -0.4 is 5.32 Å². The lowest BCUT2D eigenvalue weighted by Crippen LogP contribution is -2.49. The third-order valence-corrected chi connectivity index (χ3v) is 9.68. The number of carboxylic acid groups (broad SMARTS) is 1. The summed E-state index contributed by atoms with van der Waals surface area (Å²) < 4.78 is 17.0. The van der Waals surface area contributed by atoms with E-state index >= 15 is 0 Å². The predicted molar refractivity (Wildman–Crippen MR) is 108 cm³/mol. The van der Waals surface area contributed by atoms with E-state index in [-0.39, 0.29) is 17.4 Å². The summed E-state index contributed by atoms with van der Waals surface area (Å²) >= 11 is 0. The summed E-state index contributed by atoms with van der Waals surface area (Å²) in [5, 5.41) is 11.3. The summed E-state index contributed by atoms with van der Waals surface area (Å²) in [5.74, 6) is -0.126. The number of rotatable bonds is 7. The molecule has 2 N–H and O–H groups in total. The van der Waals surface area contributed by atoms with E-state index in [4.69, 9.17) is 19.0 Å². The van der Waals surface area contributed by atoms with Gasteiger partial charge in [0.2, 0.25) is 11.5 Å². The van der Waals surface area contributed by atoms with E-state index in [1.54, 1.807) is 0 Å². The molecule has 0 aromatic carbocycles. The minimum atomic E-state index is -2.16. The Morgan fingerprint density at radius 3 is 2.61 bits per heavy atom. The van der Waals surface area contributed by atoms with Crippen molar-refractivity contribution in [2.75, 3.05) is 6.61 Å². The fourth-order valence-electron chi connectivity index (χ4n) is 2.39. The lowest BCUT2D eigenvalue weighted by molar-refractivity contribution is -0.121. The number of ether oxygens (including phenoxy) is 2. The molecular weight excluding hydrogens is 378 g/mol. The third kappa shape index (κ3) is 5.59. The van der Waals surface area contributed by atoms with Crippen molar-refractivity contribution in [3.63, 3.8) is 0 Å². The van der Waals surface area contributed by atoms with E-state index in [0.717, 1.165) is 18.4 Å². The molecule has 1 aliphatic heterocycles. The molecule has 2 rings (SSSR count). The molecular formula is C20H29NO6Si. The van der Waals surface area contributed by atoms with Gasteiger partial charge in [-0.2, -0.15) is 0 Å². The Balaban J connectivity index is 2.10. The van der Waals surface area contributed by atoms with Gasteiger partial charge in [0.1, 0.15) is 18.6 Å². The average Bonchev–Trinajstić information content (AvgIpc) is 2.64. The van der Waals surface area contributed by atoms with Gasteiger partial charge < -0.3 is 24.3 Å². The highest BCUT2D eigenvalue weighted by Crippen LogP contribution is 2.36. The topological polar surface area (TPSA) is 94.1 Å². The molecule has 1 heterocycles. The minimum absolute atomic E-state index is 0.0504. The van der Waals surface area contributed by atoms with Gasteiger partial charge in [0, 0.05) is 0 Å². The largest absolute Gasteiger partial charge is 0.465 e. The number of Topliss-reactive ketones (excluding diaryl/α,β-unsaturated/α-hetero) is 1. The summed E-state index contributed by atoms with van der Waals surface area (Å²) in [6, 6.07) is -1.08. The van der Waals surface area contributed by atoms with Crippen molar-refractivity contribution in [3.05, 3.63) is 47.8 Å². The quantitative estimate of drug-likeness (QED) is 0.614. The zero-order valence-electron chi connectivity index (χ0n) is 17.1. The monoisotopic (exact) mass is 407 g/mol. The second-order valence-corrected chi connectivity index (χ2v) is 13.1. The lowest BCUT2D eigenvalue weighted by atomic mass is 10.0. The van der Waals surface area contributed by atoms with Gasteiger partial charge in [-0.05, 0) is 36.5 Å². The highest BCUT2D eigenvalue weighted by Gasteiger charge is 2.39. The SMILES string of the molecule is CC(C)(C)[Si](C)(C)OCC(NC(=O)O)C(=O)C1=COC=C(C2=CC=CCC2)O1. The first-order valence-corrected chi connectivity index (χ1v) is 12.2. The first kappa shape index (κ1) is 22.0. The van der Waals surface area contributed by atoms with Crippen molar-refractivity contribution in [1.82, 2.24) is 5.32 Å². The molecule has 154 valence electrons. The van der Waals surface area contributed by atoms with Crippen LogP contribution in [-0.4, -0.2) is 37.9 Å². The summed E-state index contributed by atoms with van der Waals surface area (Å²) in [4.78, 5) is 24.1. The minimum Gasteiger partial charge on any atom is -0.465 e. The van der Waals surface area contributed by atoms with Crippen molar-refractivity contribution in [2.45, 2.75) is 57.8 Å². The Labute approximate surface area is 166 Å². The van der Waals surface area contributed by atoms with Crippen molar-refractivity contribution in [1.29, 1.82) is 0 Å². The van der Waals surface area contributed by atoms with Crippen LogP contribution in [0.3, 0.4) is 0 Å². The first-order valence-electron chi connectivity index (χ1n) is 9.28. The van der Waals surface area contributed by atoms with Crippen LogP contribution in [0.5, 0.6) is 0 Å². The molecule has 0 aromatic rings. The molecule has 28 heavy (non-hydrogen) atoms. The normalized spacial score (nSPS) is 18.1. The zero-order valence-corrected chi connectivity index (χ0v) is 18.1. The summed E-state index contributed by atoms with van der Waals surface area (Å²) in [6.45, 7) is 10.2. The van der Waals surface area contributed by atoms with Crippen molar-refractivity contribution in [2.24, 2.45) is 0 Å². The molecule has 1 aliphatic carbocycles. The molecule has 0 aromatic heterocycles. The Morgan fingerprint density at radius 1 is 1.32 bits per heavy atom. The maximum Gasteiger partial charge on any atom is 0.405 e. The number of nitrogens with one attached hydrogen (secondary N) is 1. The fourth-order valence-corrected chi connectivity index (χ4v) is 3.41. The van der Waals surface area contributed by atoms with Crippen LogP contribution in [0, 0.1) is 0 Å². The zero-order chi connectivity index (χ0) is 20.9. The van der Waals surface area contributed by atoms with Gasteiger partial charge >= 0.3 is 6.09 Å². The van der Waals surface area contributed by atoms with E-state index in [9.17, 15) is 9.59 Å². The second-order valence-electron chi connectivity index (χ2n) is 8.30. The van der Waals surface area contributed by atoms with Crippen molar-refractivity contribution >= 4 is 20.2 Å². The summed E-state index contributed by atoms with van der Waals surface area (Å²) in [5.41, 5.74) is 0.918. The Morgan fingerprint density at radius 2 is 2.04 bits per heavy atom. The lowest BCUT2D eigenvalue weighted by Gasteiger charge is -2.37. The van der Waals surface area contributed by atoms with Crippen molar-refractivity contribution < 1.29 is 28.6 Å². The van der Waals surface area contributed by atoms with Crippen LogP contribution in [0.25, 0.3) is 0 Å². The van der Waals surface area contributed by atoms with Crippen LogP contribution in [0.15, 0.2) is 47.8 Å². The van der Waals surface area contributed by atoms with E-state index in [1.165, 1.54) is 12.5 Å². The Hall–Kier alpha value is -2.32. The maximum atomic E-state index is 12.9. The molecule has 0 spiro atoms. The fraction of sp³-hybridized carbons (Fsp3) is 0.500. The number of allylic oxidation sites excluding steroid dienone is 4. The van der Waals surface area contributed by atoms with Crippen LogP contribution in [-0.2, 0) is 18.7 Å². The molecule has 1 unspecified atom stereocenters. The number of hydrogen-bond donors (Lipinski definition) is 2. The smallest absolute Gasteiger partial charge is 0.405 e. The number of hydrogen-bond acceptors (Lipinski definition) is 5. The van der Waals surface area contributed by atoms with Crippen LogP contribution in [0.4, 0.5) is 4.79 Å². The van der Waals surface area contributed by atoms with Gasteiger partial charge in [-0.15, -0.1) is 0 Å². The third-order valence-electron chi connectivity index (χ3n) is 5.17. The highest BCUT2D eigenvalue weighted by atomic mass is 28.4. The highest BCUT2D eigenvalue weighted by molar-refractivity contribution is 6.74. The first-order chi connectivity index (χ1) is 13.0. The average molecular weight is 408 g/mol. The van der Waals surface area contributed by atoms with Crippen LogP contribution >= 0.6 is 0 Å². The van der Waals surface area contributed by atoms with Gasteiger partial charge in [-0.3, -0.25) is 4.79 Å². The molecule has 8 heteroatoms. The molecule has 7 nitrogen and oxygen atoms in total. The van der Waals surface area contributed by atoms with Gasteiger partial charge in [0.25, 0.3) is 0 Å². The van der Waals surface area contributed by atoms with Gasteiger partial charge in [0.05, 0.1) is 6.61 Å². The van der Waals surface area contributed by atoms with Crippen molar-refractivity contribution in [3.8, 4) is 0 Å². The standard InChI is InChI=1S/C20H29NO6Si/c1-20(2,3)28(4,5)26-11-15(21-19(23)24)18(22)17-13-25-12-16(27-17)14-9-7-6-8-10-14/h6-7,9,12-13,15,21H,8,10-11H2,1-5H3,(H,23,24). The van der Waals surface area contributed by atoms with Gasteiger partial charge in [0.15, 0.2) is 14.1 Å². The maximum absolute atomic E-state index is 12.9. The molecule has 2 aliphatic rings. The van der Waals surface area contributed by atoms with Crippen LogP contribution in [0.2, 0.25) is 18.1 Å². The van der Waals surface area contributed by atoms with E-state index < -0.39 is 26.2 Å². The molecule has 1 amide bonds. The number of carbonyl (C=O) groups is 2. The van der Waals surface area contributed by atoms with E-state index in [0.29, 0.717) is 5.76 Å². The van der Waals surface area contributed by atoms with E-state index in [1.807, 2.05) is 31.3 Å². The molecule has 0 saturated heterocycles. The predicted octanol–water partition coefficient (Wildman–Crippen LogP) is 4.22. The van der Waals surface area contributed by atoms with Crippen LogP contribution in [0.1, 0.15) is 33.6 Å². The molecule has 0 saturated carbocycles. The molecule has 1 atom stereocenters. The molecule has 0 radical (unpaired) electrons. The summed E-state index contributed by atoms with van der Waals surface area (Å²) in [7, 11) is -2.16. The second kappa shape index (κ2) is 8.79. The van der Waals surface area contributed by atoms with Gasteiger partial charge in [-0.1, -0.05) is 39.0 Å². The molecule has 0 fully saturated rings. The van der Waals surface area contributed by atoms with Gasteiger partial charge in [-0.25, -0.2) is 4.79 Å². The Kier molecular flexibility index (Phi) is 6.90. The number of amides is 1. The molecule has 0 bridgehead atoms. The Bertz CT molecular complexity index is 742. The van der Waals surface area contributed by atoms with E-state index in [2.05, 4.69) is 26.1 Å². The number of carbonyl (C=O) groups excluding carboxylic acids is 1.